The van der Waals surface area contributed by atoms with Crippen molar-refractivity contribution in [1.29, 1.82) is 0 Å². The van der Waals surface area contributed by atoms with Gasteiger partial charge in [0, 0.05) is 6.54 Å². The van der Waals surface area contributed by atoms with Crippen LogP contribution in [-0.2, 0) is 12.1 Å². The van der Waals surface area contributed by atoms with Crippen LogP contribution in [0, 0.1) is 5.92 Å². The van der Waals surface area contributed by atoms with Gasteiger partial charge in [-0.15, -0.1) is 0 Å². The van der Waals surface area contributed by atoms with Gasteiger partial charge >= 0.3 is 0 Å². The summed E-state index contributed by atoms with van der Waals surface area (Å²) >= 11 is 0. The van der Waals surface area contributed by atoms with E-state index in [2.05, 4.69) is 19.9 Å². The number of benzene rings is 1. The van der Waals surface area contributed by atoms with Gasteiger partial charge in [0.05, 0.1) is 0 Å². The van der Waals surface area contributed by atoms with Crippen molar-refractivity contribution in [2.75, 3.05) is 6.54 Å². The predicted octanol–water partition coefficient (Wildman–Crippen LogP) is 3.81. The smallest absolute Gasteiger partial charge is 0.148 e. The van der Waals surface area contributed by atoms with Crippen molar-refractivity contribution in [3.05, 3.63) is 35.4 Å². The third kappa shape index (κ3) is 3.81. The van der Waals surface area contributed by atoms with Gasteiger partial charge in [-0.05, 0) is 29.9 Å². The van der Waals surface area contributed by atoms with E-state index in [0.717, 1.165) is 18.4 Å². The quantitative estimate of drug-likeness (QED) is 0.800. The second-order valence-corrected chi connectivity index (χ2v) is 5.22. The van der Waals surface area contributed by atoms with Gasteiger partial charge < -0.3 is 5.73 Å². The fourth-order valence-corrected chi connectivity index (χ4v) is 2.21. The van der Waals surface area contributed by atoms with E-state index in [-0.39, 0.29) is 6.54 Å². The highest BCUT2D eigenvalue weighted by atomic mass is 19.1. The largest absolute Gasteiger partial charge is 0.327 e. The second kappa shape index (κ2) is 6.15. The number of rotatable bonds is 6. The molecule has 0 spiro atoms. The van der Waals surface area contributed by atoms with Crippen molar-refractivity contribution in [3.63, 3.8) is 0 Å². The van der Waals surface area contributed by atoms with Gasteiger partial charge in [-0.25, -0.2) is 4.39 Å². The van der Waals surface area contributed by atoms with Gasteiger partial charge in [0.1, 0.15) is 5.67 Å². The Bertz CT molecular complexity index is 349. The van der Waals surface area contributed by atoms with Crippen molar-refractivity contribution in [2.24, 2.45) is 11.7 Å². The van der Waals surface area contributed by atoms with E-state index in [1.807, 2.05) is 25.1 Å². The summed E-state index contributed by atoms with van der Waals surface area (Å²) in [6, 6.07) is 7.83. The Morgan fingerprint density at radius 2 is 2.06 bits per heavy atom. The average Bonchev–Trinajstić information content (AvgIpc) is 2.28. The maximum atomic E-state index is 14.6. The maximum absolute atomic E-state index is 14.6. The van der Waals surface area contributed by atoms with Crippen LogP contribution in [0.4, 0.5) is 4.39 Å². The molecule has 0 aliphatic heterocycles. The molecule has 0 aliphatic rings. The van der Waals surface area contributed by atoms with Gasteiger partial charge in [-0.2, -0.15) is 0 Å². The highest BCUT2D eigenvalue weighted by molar-refractivity contribution is 5.29. The third-order valence-corrected chi connectivity index (χ3v) is 3.06. The summed E-state index contributed by atoms with van der Waals surface area (Å²) < 4.78 is 14.6. The van der Waals surface area contributed by atoms with Crippen molar-refractivity contribution >= 4 is 0 Å². The monoisotopic (exact) mass is 237 g/mol. The molecule has 1 aromatic rings. The fourth-order valence-electron chi connectivity index (χ4n) is 2.21. The summed E-state index contributed by atoms with van der Waals surface area (Å²) in [6.07, 6.45) is 2.29. The summed E-state index contributed by atoms with van der Waals surface area (Å²) in [5.41, 5.74) is 6.18. The molecule has 1 aromatic carbocycles. The summed E-state index contributed by atoms with van der Waals surface area (Å²) in [5, 5.41) is 0. The van der Waals surface area contributed by atoms with Gasteiger partial charge in [0.25, 0.3) is 0 Å². The SMILES string of the molecule is CCCC(F)(CN)c1cccc(CC(C)C)c1. The Hall–Kier alpha value is -0.890. The van der Waals surface area contributed by atoms with E-state index >= 15 is 0 Å². The molecule has 2 N–H and O–H groups in total. The van der Waals surface area contributed by atoms with Crippen LogP contribution < -0.4 is 5.73 Å². The predicted molar refractivity (Wildman–Crippen MR) is 71.7 cm³/mol. The molecule has 17 heavy (non-hydrogen) atoms. The Morgan fingerprint density at radius 1 is 1.35 bits per heavy atom. The summed E-state index contributed by atoms with van der Waals surface area (Å²) in [5.74, 6) is 0.586. The lowest BCUT2D eigenvalue weighted by Crippen LogP contribution is -2.30. The van der Waals surface area contributed by atoms with Gasteiger partial charge in [-0.3, -0.25) is 0 Å². The highest BCUT2D eigenvalue weighted by Crippen LogP contribution is 2.31. The number of nitrogens with two attached hydrogens (primary N) is 1. The minimum absolute atomic E-state index is 0.0615. The Morgan fingerprint density at radius 3 is 2.59 bits per heavy atom. The zero-order chi connectivity index (χ0) is 12.9. The average molecular weight is 237 g/mol. The van der Waals surface area contributed by atoms with E-state index in [4.69, 9.17) is 5.73 Å². The molecule has 0 aliphatic carbocycles. The first-order valence-electron chi connectivity index (χ1n) is 6.50. The number of alkyl halides is 1. The molecule has 0 saturated heterocycles. The van der Waals surface area contributed by atoms with Crippen LogP contribution >= 0.6 is 0 Å². The normalized spacial score (nSPS) is 14.9. The van der Waals surface area contributed by atoms with Crippen molar-refractivity contribution in [3.8, 4) is 0 Å². The van der Waals surface area contributed by atoms with Crippen LogP contribution in [0.15, 0.2) is 24.3 Å². The minimum Gasteiger partial charge on any atom is -0.327 e. The van der Waals surface area contributed by atoms with Gasteiger partial charge in [0.15, 0.2) is 0 Å². The van der Waals surface area contributed by atoms with E-state index < -0.39 is 5.67 Å². The van der Waals surface area contributed by atoms with E-state index in [1.165, 1.54) is 5.56 Å². The summed E-state index contributed by atoms with van der Waals surface area (Å²) in [6.45, 7) is 6.39. The molecule has 2 heteroatoms. The highest BCUT2D eigenvalue weighted by Gasteiger charge is 2.29. The molecule has 0 fully saturated rings. The van der Waals surface area contributed by atoms with Crippen molar-refractivity contribution < 1.29 is 4.39 Å². The first kappa shape index (κ1) is 14.2. The van der Waals surface area contributed by atoms with Crippen LogP contribution in [0.2, 0.25) is 0 Å². The molecule has 0 heterocycles. The Balaban J connectivity index is 2.96. The van der Waals surface area contributed by atoms with Crippen molar-refractivity contribution in [2.45, 2.75) is 45.7 Å². The molecule has 0 amide bonds. The molecule has 0 radical (unpaired) electrons. The lowest BCUT2D eigenvalue weighted by atomic mass is 9.89. The molecule has 1 unspecified atom stereocenters. The lowest BCUT2D eigenvalue weighted by Gasteiger charge is -2.24. The zero-order valence-corrected chi connectivity index (χ0v) is 11.2. The second-order valence-electron chi connectivity index (χ2n) is 5.22. The number of hydrogen-bond acceptors (Lipinski definition) is 1. The zero-order valence-electron chi connectivity index (χ0n) is 11.2. The number of halogens is 1. The van der Waals surface area contributed by atoms with Crippen LogP contribution in [0.1, 0.15) is 44.7 Å². The molecule has 0 aromatic heterocycles. The number of hydrogen-bond donors (Lipinski definition) is 1. The Labute approximate surface area is 104 Å². The summed E-state index contributed by atoms with van der Waals surface area (Å²) in [4.78, 5) is 0. The van der Waals surface area contributed by atoms with Crippen molar-refractivity contribution in [1.82, 2.24) is 0 Å². The first-order valence-corrected chi connectivity index (χ1v) is 6.50. The molecule has 1 rings (SSSR count). The lowest BCUT2D eigenvalue weighted by molar-refractivity contribution is 0.159. The Kier molecular flexibility index (Phi) is 5.13. The van der Waals surface area contributed by atoms with Crippen LogP contribution in [-0.4, -0.2) is 6.54 Å². The molecular formula is C15H24FN. The standard InChI is InChI=1S/C15H24FN/c1-4-8-15(16,11-17)14-7-5-6-13(10-14)9-12(2)3/h5-7,10,12H,4,8-9,11,17H2,1-3H3. The van der Waals surface area contributed by atoms with Gasteiger partial charge in [-0.1, -0.05) is 51.5 Å². The van der Waals surface area contributed by atoms with Crippen LogP contribution in [0.3, 0.4) is 0 Å². The van der Waals surface area contributed by atoms with Crippen LogP contribution in [0.5, 0.6) is 0 Å². The summed E-state index contributed by atoms with van der Waals surface area (Å²) in [7, 11) is 0. The van der Waals surface area contributed by atoms with Gasteiger partial charge in [0.2, 0.25) is 0 Å². The van der Waals surface area contributed by atoms with E-state index in [0.29, 0.717) is 12.3 Å². The molecule has 1 nitrogen and oxygen atoms in total. The molecule has 1 atom stereocenters. The molecule has 0 bridgehead atoms. The third-order valence-electron chi connectivity index (χ3n) is 3.06. The van der Waals surface area contributed by atoms with Crippen LogP contribution in [0.25, 0.3) is 0 Å². The first-order chi connectivity index (χ1) is 8.01. The minimum atomic E-state index is -1.36. The molecule has 0 saturated carbocycles. The van der Waals surface area contributed by atoms with E-state index in [1.54, 1.807) is 0 Å². The fraction of sp³-hybridized carbons (Fsp3) is 0.600. The maximum Gasteiger partial charge on any atom is 0.148 e. The molecular weight excluding hydrogens is 213 g/mol. The van der Waals surface area contributed by atoms with E-state index in [9.17, 15) is 4.39 Å². The molecule has 96 valence electrons. The topological polar surface area (TPSA) is 26.0 Å².